The van der Waals surface area contributed by atoms with Gasteiger partial charge in [-0.3, -0.25) is 10.1 Å². The number of nitro benzene ring substituents is 1. The molecule has 1 aliphatic rings. The number of carbonyl (C=O) groups is 1. The van der Waals surface area contributed by atoms with Crippen molar-refractivity contribution < 1.29 is 22.9 Å². The lowest BCUT2D eigenvalue weighted by Gasteiger charge is -2.26. The van der Waals surface area contributed by atoms with Gasteiger partial charge in [0.1, 0.15) is 0 Å². The highest BCUT2D eigenvalue weighted by molar-refractivity contribution is 7.89. The predicted octanol–water partition coefficient (Wildman–Crippen LogP) is 2.91. The molecular formula is C17H17ClN4O6S. The van der Waals surface area contributed by atoms with Gasteiger partial charge in [-0.15, -0.1) is 0 Å². The maximum Gasteiger partial charge on any atom is 0.323 e. The fourth-order valence-electron chi connectivity index (χ4n) is 2.68. The lowest BCUT2D eigenvalue weighted by atomic mass is 10.3. The Kier molecular flexibility index (Phi) is 6.33. The van der Waals surface area contributed by atoms with Crippen LogP contribution in [0, 0.1) is 10.1 Å². The minimum absolute atomic E-state index is 0.0190. The summed E-state index contributed by atoms with van der Waals surface area (Å²) in [6, 6.07) is 8.66. The molecule has 0 radical (unpaired) electrons. The molecule has 1 heterocycles. The molecule has 0 aromatic heterocycles. The number of nitrogens with zero attached hydrogens (tertiary/aromatic N) is 2. The van der Waals surface area contributed by atoms with Crippen molar-refractivity contribution >= 4 is 44.7 Å². The number of non-ortho nitro benzene ring substituents is 1. The molecule has 0 aliphatic carbocycles. The number of rotatable bonds is 5. The van der Waals surface area contributed by atoms with E-state index in [1.54, 1.807) is 0 Å². The van der Waals surface area contributed by atoms with Crippen LogP contribution in [0.15, 0.2) is 47.4 Å². The molecule has 2 aromatic rings. The zero-order chi connectivity index (χ0) is 21.0. The number of halogens is 1. The molecular weight excluding hydrogens is 424 g/mol. The molecule has 2 amide bonds. The van der Waals surface area contributed by atoms with E-state index in [1.165, 1.54) is 46.8 Å². The van der Waals surface area contributed by atoms with Crippen molar-refractivity contribution in [3.05, 3.63) is 57.6 Å². The summed E-state index contributed by atoms with van der Waals surface area (Å²) in [4.78, 5) is 22.5. The monoisotopic (exact) mass is 440 g/mol. The number of nitrogens with one attached hydrogen (secondary N) is 2. The largest absolute Gasteiger partial charge is 0.379 e. The van der Waals surface area contributed by atoms with Gasteiger partial charge in [0, 0.05) is 30.9 Å². The molecule has 0 bridgehead atoms. The Morgan fingerprint density at radius 2 is 1.86 bits per heavy atom. The van der Waals surface area contributed by atoms with Crippen molar-refractivity contribution in [2.75, 3.05) is 36.9 Å². The van der Waals surface area contributed by atoms with Gasteiger partial charge < -0.3 is 15.4 Å². The van der Waals surface area contributed by atoms with Crippen LogP contribution in [0.2, 0.25) is 5.02 Å². The summed E-state index contributed by atoms with van der Waals surface area (Å²) in [6.45, 7) is 1.09. The molecule has 3 rings (SSSR count). The Balaban J connectivity index is 1.77. The number of benzene rings is 2. The maximum atomic E-state index is 12.8. The third-order valence-electron chi connectivity index (χ3n) is 4.11. The zero-order valence-corrected chi connectivity index (χ0v) is 16.6. The van der Waals surface area contributed by atoms with E-state index in [1.807, 2.05) is 0 Å². The average molecular weight is 441 g/mol. The van der Waals surface area contributed by atoms with Crippen LogP contribution in [-0.2, 0) is 14.8 Å². The Labute approximate surface area is 171 Å². The first kappa shape index (κ1) is 21.0. The smallest absolute Gasteiger partial charge is 0.323 e. The van der Waals surface area contributed by atoms with Crippen LogP contribution in [-0.4, -0.2) is 50.0 Å². The zero-order valence-electron chi connectivity index (χ0n) is 15.0. The molecule has 2 aromatic carbocycles. The minimum Gasteiger partial charge on any atom is -0.379 e. The van der Waals surface area contributed by atoms with Gasteiger partial charge >= 0.3 is 6.03 Å². The topological polar surface area (TPSA) is 131 Å². The summed E-state index contributed by atoms with van der Waals surface area (Å²) in [5, 5.41) is 15.9. The standard InChI is InChI=1S/C17H17ClN4O6S/c18-15-5-4-14(29(26,27)21-6-8-28-9-7-21)11-16(15)20-17(23)19-12-2-1-3-13(10-12)22(24)25/h1-5,10-11H,6-9H2,(H2,19,20,23). The van der Waals surface area contributed by atoms with Crippen LogP contribution in [0.3, 0.4) is 0 Å². The second-order valence-electron chi connectivity index (χ2n) is 6.04. The third kappa shape index (κ3) is 5.01. The van der Waals surface area contributed by atoms with E-state index in [2.05, 4.69) is 10.6 Å². The van der Waals surface area contributed by atoms with E-state index >= 15 is 0 Å². The number of sulfonamides is 1. The first-order chi connectivity index (χ1) is 13.8. The first-order valence-electron chi connectivity index (χ1n) is 8.47. The normalized spacial score (nSPS) is 14.9. The molecule has 2 N–H and O–H groups in total. The number of urea groups is 1. The van der Waals surface area contributed by atoms with Gasteiger partial charge in [-0.25, -0.2) is 13.2 Å². The van der Waals surface area contributed by atoms with Crippen LogP contribution in [0.5, 0.6) is 0 Å². The molecule has 0 spiro atoms. The van der Waals surface area contributed by atoms with Gasteiger partial charge in [-0.1, -0.05) is 17.7 Å². The van der Waals surface area contributed by atoms with E-state index in [0.29, 0.717) is 13.2 Å². The molecule has 1 fully saturated rings. The van der Waals surface area contributed by atoms with Gasteiger partial charge in [0.05, 0.1) is 33.7 Å². The number of anilines is 2. The summed E-state index contributed by atoms with van der Waals surface area (Å²) in [5.74, 6) is 0. The number of hydrogen-bond donors (Lipinski definition) is 2. The summed E-state index contributed by atoms with van der Waals surface area (Å²) < 4.78 is 32.0. The number of morpholine rings is 1. The Morgan fingerprint density at radius 1 is 1.14 bits per heavy atom. The number of amides is 2. The first-order valence-corrected chi connectivity index (χ1v) is 10.3. The van der Waals surface area contributed by atoms with E-state index in [0.717, 1.165) is 0 Å². The fourth-order valence-corrected chi connectivity index (χ4v) is 4.28. The lowest BCUT2D eigenvalue weighted by molar-refractivity contribution is -0.384. The Hall–Kier alpha value is -2.73. The Bertz CT molecular complexity index is 1040. The van der Waals surface area contributed by atoms with Crippen molar-refractivity contribution in [3.8, 4) is 0 Å². The van der Waals surface area contributed by atoms with Crippen molar-refractivity contribution in [3.63, 3.8) is 0 Å². The van der Waals surface area contributed by atoms with Crippen LogP contribution in [0.1, 0.15) is 0 Å². The van der Waals surface area contributed by atoms with Gasteiger partial charge in [-0.2, -0.15) is 4.31 Å². The quantitative estimate of drug-likeness (QED) is 0.542. The van der Waals surface area contributed by atoms with Crippen molar-refractivity contribution in [2.24, 2.45) is 0 Å². The van der Waals surface area contributed by atoms with Gasteiger partial charge in [0.2, 0.25) is 10.0 Å². The van der Waals surface area contributed by atoms with E-state index in [4.69, 9.17) is 16.3 Å². The fraction of sp³-hybridized carbons (Fsp3) is 0.235. The number of hydrogen-bond acceptors (Lipinski definition) is 6. The van der Waals surface area contributed by atoms with Gasteiger partial charge in [0.15, 0.2) is 0 Å². The van der Waals surface area contributed by atoms with Gasteiger partial charge in [-0.05, 0) is 24.3 Å². The van der Waals surface area contributed by atoms with E-state index in [-0.39, 0.29) is 40.1 Å². The van der Waals surface area contributed by atoms with Crippen molar-refractivity contribution in [1.82, 2.24) is 4.31 Å². The highest BCUT2D eigenvalue weighted by Crippen LogP contribution is 2.27. The van der Waals surface area contributed by atoms with Gasteiger partial charge in [0.25, 0.3) is 5.69 Å². The van der Waals surface area contributed by atoms with Crippen LogP contribution < -0.4 is 10.6 Å². The predicted molar refractivity (Wildman–Crippen MR) is 107 cm³/mol. The summed E-state index contributed by atoms with van der Waals surface area (Å²) in [7, 11) is -3.76. The number of nitro groups is 1. The maximum absolute atomic E-state index is 12.8. The number of carbonyl (C=O) groups excluding carboxylic acids is 1. The van der Waals surface area contributed by atoms with Crippen molar-refractivity contribution in [2.45, 2.75) is 4.90 Å². The molecule has 29 heavy (non-hydrogen) atoms. The summed E-state index contributed by atoms with van der Waals surface area (Å²) in [5.41, 5.74) is 0.105. The van der Waals surface area contributed by atoms with Crippen LogP contribution >= 0.6 is 11.6 Å². The highest BCUT2D eigenvalue weighted by Gasteiger charge is 2.27. The second-order valence-corrected chi connectivity index (χ2v) is 8.39. The van der Waals surface area contributed by atoms with E-state index in [9.17, 15) is 23.3 Å². The van der Waals surface area contributed by atoms with Crippen molar-refractivity contribution in [1.29, 1.82) is 0 Å². The molecule has 154 valence electrons. The summed E-state index contributed by atoms with van der Waals surface area (Å²) >= 11 is 6.09. The SMILES string of the molecule is O=C(Nc1cccc([N+](=O)[O-])c1)Nc1cc(S(=O)(=O)N2CCOCC2)ccc1Cl. The molecule has 12 heteroatoms. The molecule has 0 atom stereocenters. The molecule has 10 nitrogen and oxygen atoms in total. The molecule has 0 unspecified atom stereocenters. The number of ether oxygens (including phenoxy) is 1. The van der Waals surface area contributed by atoms with E-state index < -0.39 is 21.0 Å². The molecule has 1 saturated heterocycles. The van der Waals surface area contributed by atoms with Crippen LogP contribution in [0.25, 0.3) is 0 Å². The highest BCUT2D eigenvalue weighted by atomic mass is 35.5. The molecule has 1 aliphatic heterocycles. The minimum atomic E-state index is -3.76. The third-order valence-corrected chi connectivity index (χ3v) is 6.33. The Morgan fingerprint density at radius 3 is 2.55 bits per heavy atom. The second kappa shape index (κ2) is 8.74. The summed E-state index contributed by atoms with van der Waals surface area (Å²) in [6.07, 6.45) is 0. The van der Waals surface area contributed by atoms with Crippen LogP contribution in [0.4, 0.5) is 21.9 Å². The molecule has 0 saturated carbocycles. The lowest BCUT2D eigenvalue weighted by Crippen LogP contribution is -2.40. The average Bonchev–Trinajstić information content (AvgIpc) is 2.70.